The van der Waals surface area contributed by atoms with Crippen LogP contribution >= 0.6 is 0 Å². The zero-order chi connectivity index (χ0) is 20.4. The second-order valence-electron chi connectivity index (χ2n) is 7.32. The minimum Gasteiger partial charge on any atom is -0.392 e. The molecule has 29 heavy (non-hydrogen) atoms. The van der Waals surface area contributed by atoms with Crippen molar-refractivity contribution in [1.82, 2.24) is 20.0 Å². The molecule has 1 aliphatic rings. The molecule has 1 fully saturated rings. The number of nitrogens with zero attached hydrogens (tertiary/aromatic N) is 4. The number of aliphatic hydroxyl groups is 1. The molecule has 1 aliphatic heterocycles. The van der Waals surface area contributed by atoms with Gasteiger partial charge in [0.1, 0.15) is 5.75 Å². The van der Waals surface area contributed by atoms with Gasteiger partial charge in [0, 0.05) is 25.5 Å². The fourth-order valence-corrected chi connectivity index (χ4v) is 4.67. The molecule has 4 rings (SSSR count). The number of hydrogen-bond donors (Lipinski definition) is 1. The second kappa shape index (κ2) is 8.02. The first-order valence-electron chi connectivity index (χ1n) is 9.33. The Balaban J connectivity index is 1.51. The standard InChI is InChI=1S/C20H22N4O4S/c1-14-4-6-17(7-5-14)29(26,27)13-19-22-20(28-23-19)18-9-16(25)12-24(18)11-15-3-2-8-21-10-15/h2-8,10,16,18,25H,9,11-13H2,1H3/t16-,18+/m1/s1. The lowest BCUT2D eigenvalue weighted by Gasteiger charge is -2.20. The highest BCUT2D eigenvalue weighted by molar-refractivity contribution is 7.90. The molecule has 0 saturated carbocycles. The van der Waals surface area contributed by atoms with Gasteiger partial charge in [-0.1, -0.05) is 28.9 Å². The first kappa shape index (κ1) is 19.7. The maximum atomic E-state index is 12.6. The number of aromatic nitrogens is 3. The third-order valence-corrected chi connectivity index (χ3v) is 6.59. The predicted octanol–water partition coefficient (Wildman–Crippen LogP) is 2.05. The molecule has 0 bridgehead atoms. The van der Waals surface area contributed by atoms with Gasteiger partial charge in [-0.15, -0.1) is 0 Å². The van der Waals surface area contributed by atoms with E-state index < -0.39 is 15.9 Å². The molecule has 1 N–H and O–H groups in total. The zero-order valence-electron chi connectivity index (χ0n) is 16.0. The quantitative estimate of drug-likeness (QED) is 0.653. The first-order valence-corrected chi connectivity index (χ1v) is 11.0. The van der Waals surface area contributed by atoms with Crippen LogP contribution in [-0.4, -0.2) is 46.2 Å². The average molecular weight is 414 g/mol. The van der Waals surface area contributed by atoms with E-state index in [1.807, 2.05) is 24.0 Å². The van der Waals surface area contributed by atoms with E-state index >= 15 is 0 Å². The van der Waals surface area contributed by atoms with Crippen molar-refractivity contribution in [3.8, 4) is 0 Å². The van der Waals surface area contributed by atoms with Gasteiger partial charge in [-0.3, -0.25) is 9.88 Å². The number of β-amino-alcohol motifs (C(OH)–C–C–N with tert-alkyl or cyclic N) is 1. The lowest BCUT2D eigenvalue weighted by molar-refractivity contribution is 0.169. The van der Waals surface area contributed by atoms with Crippen LogP contribution in [-0.2, 0) is 22.1 Å². The lowest BCUT2D eigenvalue weighted by atomic mass is 10.2. The molecule has 0 unspecified atom stereocenters. The second-order valence-corrected chi connectivity index (χ2v) is 9.31. The van der Waals surface area contributed by atoms with Crippen LogP contribution in [0, 0.1) is 6.92 Å². The number of rotatable bonds is 6. The number of aliphatic hydroxyl groups excluding tert-OH is 1. The number of sulfone groups is 1. The Morgan fingerprint density at radius 1 is 1.24 bits per heavy atom. The molecule has 1 saturated heterocycles. The van der Waals surface area contributed by atoms with Crippen molar-refractivity contribution in [2.24, 2.45) is 0 Å². The van der Waals surface area contributed by atoms with Crippen molar-refractivity contribution in [2.75, 3.05) is 6.54 Å². The van der Waals surface area contributed by atoms with Gasteiger partial charge >= 0.3 is 0 Å². The Labute approximate surface area is 169 Å². The molecule has 3 aromatic rings. The van der Waals surface area contributed by atoms with E-state index in [1.165, 1.54) is 0 Å². The monoisotopic (exact) mass is 414 g/mol. The highest BCUT2D eigenvalue weighted by atomic mass is 32.2. The Bertz CT molecular complexity index is 1070. The molecular formula is C20H22N4O4S. The Morgan fingerprint density at radius 3 is 2.76 bits per heavy atom. The van der Waals surface area contributed by atoms with Crippen molar-refractivity contribution >= 4 is 9.84 Å². The van der Waals surface area contributed by atoms with Gasteiger partial charge in [-0.25, -0.2) is 8.42 Å². The lowest BCUT2D eigenvalue weighted by Crippen LogP contribution is -2.24. The van der Waals surface area contributed by atoms with Gasteiger partial charge in [0.05, 0.1) is 17.0 Å². The fourth-order valence-electron chi connectivity index (χ4n) is 3.50. The molecule has 2 atom stereocenters. The van der Waals surface area contributed by atoms with Crippen LogP contribution in [0.3, 0.4) is 0 Å². The summed E-state index contributed by atoms with van der Waals surface area (Å²) in [5, 5.41) is 14.0. The van der Waals surface area contributed by atoms with Crippen molar-refractivity contribution in [1.29, 1.82) is 0 Å². The minimum atomic E-state index is -3.57. The van der Waals surface area contributed by atoms with Crippen molar-refractivity contribution in [2.45, 2.75) is 42.7 Å². The number of hydrogen-bond acceptors (Lipinski definition) is 8. The highest BCUT2D eigenvalue weighted by Gasteiger charge is 2.36. The van der Waals surface area contributed by atoms with Crippen LogP contribution in [0.5, 0.6) is 0 Å². The van der Waals surface area contributed by atoms with Crippen molar-refractivity contribution in [3.63, 3.8) is 0 Å². The van der Waals surface area contributed by atoms with Gasteiger partial charge in [-0.2, -0.15) is 4.98 Å². The summed E-state index contributed by atoms with van der Waals surface area (Å²) in [5.74, 6) is 0.0973. The summed E-state index contributed by atoms with van der Waals surface area (Å²) in [5.41, 5.74) is 1.99. The maximum Gasteiger partial charge on any atom is 0.244 e. The van der Waals surface area contributed by atoms with E-state index in [1.54, 1.807) is 36.7 Å². The summed E-state index contributed by atoms with van der Waals surface area (Å²) in [4.78, 5) is 10.7. The molecule has 9 heteroatoms. The van der Waals surface area contributed by atoms with Crippen LogP contribution in [0.25, 0.3) is 0 Å². The van der Waals surface area contributed by atoms with Crippen molar-refractivity contribution < 1.29 is 18.0 Å². The van der Waals surface area contributed by atoms with Crippen molar-refractivity contribution in [3.05, 3.63) is 71.6 Å². The zero-order valence-corrected chi connectivity index (χ0v) is 16.8. The third kappa shape index (κ3) is 4.52. The Hall–Kier alpha value is -2.62. The first-order chi connectivity index (χ1) is 13.9. The number of benzene rings is 1. The summed E-state index contributed by atoms with van der Waals surface area (Å²) in [6.45, 7) is 2.95. The average Bonchev–Trinajstić information content (AvgIpc) is 3.28. The maximum absolute atomic E-state index is 12.6. The van der Waals surface area contributed by atoms with Gasteiger partial charge in [0.2, 0.25) is 5.89 Å². The molecule has 0 amide bonds. The Morgan fingerprint density at radius 2 is 2.03 bits per heavy atom. The largest absolute Gasteiger partial charge is 0.392 e. The summed E-state index contributed by atoms with van der Waals surface area (Å²) in [7, 11) is -3.57. The van der Waals surface area contributed by atoms with Crippen LogP contribution < -0.4 is 0 Å². The summed E-state index contributed by atoms with van der Waals surface area (Å²) >= 11 is 0. The van der Waals surface area contributed by atoms with Crippen LogP contribution in [0.2, 0.25) is 0 Å². The number of likely N-dealkylation sites (tertiary alicyclic amines) is 1. The molecule has 0 aliphatic carbocycles. The molecule has 152 valence electrons. The molecule has 0 radical (unpaired) electrons. The van der Waals surface area contributed by atoms with E-state index in [0.717, 1.165) is 11.1 Å². The number of aryl methyl sites for hydroxylation is 1. The topological polar surface area (TPSA) is 109 Å². The van der Waals surface area contributed by atoms with Gasteiger partial charge in [-0.05, 0) is 37.1 Å². The van der Waals surface area contributed by atoms with Gasteiger partial charge < -0.3 is 9.63 Å². The predicted molar refractivity (Wildman–Crippen MR) is 104 cm³/mol. The van der Waals surface area contributed by atoms with Crippen LogP contribution in [0.4, 0.5) is 0 Å². The van der Waals surface area contributed by atoms with E-state index in [-0.39, 0.29) is 22.5 Å². The summed E-state index contributed by atoms with van der Waals surface area (Å²) in [6.07, 6.45) is 3.42. The molecule has 3 heterocycles. The summed E-state index contributed by atoms with van der Waals surface area (Å²) in [6, 6.07) is 10.2. The molecule has 0 spiro atoms. The smallest absolute Gasteiger partial charge is 0.244 e. The molecule has 8 nitrogen and oxygen atoms in total. The fraction of sp³-hybridized carbons (Fsp3) is 0.350. The van der Waals surface area contributed by atoms with Gasteiger partial charge in [0.15, 0.2) is 15.7 Å². The number of pyridine rings is 1. The summed E-state index contributed by atoms with van der Waals surface area (Å²) < 4.78 is 30.6. The SMILES string of the molecule is Cc1ccc(S(=O)(=O)Cc2noc([C@@H]3C[C@@H](O)CN3Cc3cccnc3)n2)cc1. The molecule has 1 aromatic carbocycles. The van der Waals surface area contributed by atoms with E-state index in [2.05, 4.69) is 15.1 Å². The Kier molecular flexibility index (Phi) is 5.44. The van der Waals surface area contributed by atoms with E-state index in [0.29, 0.717) is 25.4 Å². The van der Waals surface area contributed by atoms with Gasteiger partial charge in [0.25, 0.3) is 0 Å². The third-order valence-electron chi connectivity index (χ3n) is 4.96. The molecular weight excluding hydrogens is 392 g/mol. The minimum absolute atomic E-state index is 0.114. The highest BCUT2D eigenvalue weighted by Crippen LogP contribution is 2.32. The van der Waals surface area contributed by atoms with E-state index in [4.69, 9.17) is 4.52 Å². The van der Waals surface area contributed by atoms with Crippen LogP contribution in [0.1, 0.15) is 35.3 Å². The van der Waals surface area contributed by atoms with E-state index in [9.17, 15) is 13.5 Å². The normalized spacial score (nSPS) is 20.2. The van der Waals surface area contributed by atoms with Crippen LogP contribution in [0.15, 0.2) is 58.2 Å². The molecule has 2 aromatic heterocycles.